The maximum atomic E-state index is 12.7. The van der Waals surface area contributed by atoms with E-state index in [9.17, 15) is 14.4 Å². The van der Waals surface area contributed by atoms with Crippen LogP contribution >= 0.6 is 0 Å². The van der Waals surface area contributed by atoms with Gasteiger partial charge in [0.2, 0.25) is 0 Å². The molecule has 0 radical (unpaired) electrons. The molecule has 1 unspecified atom stereocenters. The minimum absolute atomic E-state index is 0.105. The standard InChI is InChI=1S/C52H84O6/c1-4-7-10-13-16-19-21-23-25-26-27-29-30-33-36-39-42-45-51(54)57-48-49(47-56-50(53)44-41-38-35-32-18-15-12-9-6-3)58-52(55)46-43-40-37-34-31-28-24-22-20-17-14-11-8-5-2/h7-8,10-11,16-17,19-20,23-25,27-29,33,36,49H,4-6,9,12-15,18,21-22,26,30-32,34-35,37-48H2,1-3H3/b10-7-,11-8-,19-16-,20-17-,25-23-,28-24-,29-27-,36-33-. The quantitative estimate of drug-likeness (QED) is 0.0266. The summed E-state index contributed by atoms with van der Waals surface area (Å²) in [5.74, 6) is -1.000. The largest absolute Gasteiger partial charge is 0.462 e. The molecule has 1 atom stereocenters. The molecule has 0 N–H and O–H groups in total. The van der Waals surface area contributed by atoms with E-state index in [0.717, 1.165) is 109 Å². The van der Waals surface area contributed by atoms with Crippen molar-refractivity contribution < 1.29 is 28.6 Å². The lowest BCUT2D eigenvalue weighted by Gasteiger charge is -2.18. The maximum absolute atomic E-state index is 12.7. The zero-order valence-corrected chi connectivity index (χ0v) is 37.3. The number of ether oxygens (including phenoxy) is 3. The molecule has 0 aromatic rings. The highest BCUT2D eigenvalue weighted by Gasteiger charge is 2.19. The van der Waals surface area contributed by atoms with Crippen LogP contribution < -0.4 is 0 Å². The lowest BCUT2D eigenvalue weighted by atomic mass is 10.1. The molecule has 58 heavy (non-hydrogen) atoms. The van der Waals surface area contributed by atoms with E-state index in [1.165, 1.54) is 38.5 Å². The third-order valence-electron chi connectivity index (χ3n) is 9.33. The first kappa shape index (κ1) is 54.3. The number of allylic oxidation sites excluding steroid dienone is 16. The molecule has 0 rings (SSSR count). The van der Waals surface area contributed by atoms with E-state index in [2.05, 4.69) is 118 Å². The van der Waals surface area contributed by atoms with Gasteiger partial charge in [-0.3, -0.25) is 14.4 Å². The zero-order chi connectivity index (χ0) is 42.3. The minimum atomic E-state index is -0.809. The fourth-order valence-corrected chi connectivity index (χ4v) is 5.90. The molecule has 0 aliphatic rings. The van der Waals surface area contributed by atoms with E-state index in [-0.39, 0.29) is 44.0 Å². The molecular formula is C52H84O6. The predicted molar refractivity (Wildman–Crippen MR) is 247 cm³/mol. The fraction of sp³-hybridized carbons (Fsp3) is 0.635. The maximum Gasteiger partial charge on any atom is 0.306 e. The summed E-state index contributed by atoms with van der Waals surface area (Å²) >= 11 is 0. The first-order chi connectivity index (χ1) is 28.5. The monoisotopic (exact) mass is 805 g/mol. The fourth-order valence-electron chi connectivity index (χ4n) is 5.90. The molecule has 0 aliphatic carbocycles. The molecule has 328 valence electrons. The SMILES string of the molecule is CC/C=C\C/C=C\C/C=C\C/C=C\C/C=C\CCCC(=O)OCC(COC(=O)CCCCCCCCCCC)OC(=O)CCCCCC/C=C\C/C=C\C/C=C\CC. The highest BCUT2D eigenvalue weighted by Crippen LogP contribution is 2.12. The smallest absolute Gasteiger partial charge is 0.306 e. The molecule has 0 fully saturated rings. The number of hydrogen-bond acceptors (Lipinski definition) is 6. The highest BCUT2D eigenvalue weighted by atomic mass is 16.6. The van der Waals surface area contributed by atoms with Crippen LogP contribution in [0.15, 0.2) is 97.2 Å². The second-order valence-electron chi connectivity index (χ2n) is 14.9. The van der Waals surface area contributed by atoms with Crippen molar-refractivity contribution in [2.45, 2.75) is 200 Å². The van der Waals surface area contributed by atoms with Gasteiger partial charge in [0, 0.05) is 19.3 Å². The molecule has 0 heterocycles. The van der Waals surface area contributed by atoms with Gasteiger partial charge in [-0.15, -0.1) is 0 Å². The Morgan fingerprint density at radius 2 is 0.690 bits per heavy atom. The number of carbonyl (C=O) groups excluding carboxylic acids is 3. The van der Waals surface area contributed by atoms with E-state index in [1.807, 2.05) is 0 Å². The van der Waals surface area contributed by atoms with Crippen LogP contribution in [-0.2, 0) is 28.6 Å². The van der Waals surface area contributed by atoms with Crippen LogP contribution in [-0.4, -0.2) is 37.2 Å². The third-order valence-corrected chi connectivity index (χ3v) is 9.33. The Balaban J connectivity index is 4.50. The molecule has 0 amide bonds. The summed E-state index contributed by atoms with van der Waals surface area (Å²) < 4.78 is 16.6. The highest BCUT2D eigenvalue weighted by molar-refractivity contribution is 5.71. The zero-order valence-electron chi connectivity index (χ0n) is 37.3. The van der Waals surface area contributed by atoms with E-state index in [4.69, 9.17) is 14.2 Å². The Bertz CT molecular complexity index is 1200. The van der Waals surface area contributed by atoms with Crippen molar-refractivity contribution in [3.8, 4) is 0 Å². The van der Waals surface area contributed by atoms with Gasteiger partial charge in [0.15, 0.2) is 6.10 Å². The summed E-state index contributed by atoms with van der Waals surface area (Å²) in [6.07, 6.45) is 59.7. The van der Waals surface area contributed by atoms with Gasteiger partial charge < -0.3 is 14.2 Å². The van der Waals surface area contributed by atoms with Crippen molar-refractivity contribution in [1.29, 1.82) is 0 Å². The normalized spacial score (nSPS) is 12.9. The van der Waals surface area contributed by atoms with Gasteiger partial charge in [0.1, 0.15) is 13.2 Å². The molecule has 0 saturated carbocycles. The van der Waals surface area contributed by atoms with Crippen LogP contribution in [0.25, 0.3) is 0 Å². The van der Waals surface area contributed by atoms with E-state index < -0.39 is 6.10 Å². The van der Waals surface area contributed by atoms with Gasteiger partial charge in [-0.1, -0.05) is 182 Å². The molecule has 0 aliphatic heterocycles. The number of carbonyl (C=O) groups is 3. The van der Waals surface area contributed by atoms with Crippen molar-refractivity contribution >= 4 is 17.9 Å². The molecular weight excluding hydrogens is 721 g/mol. The lowest BCUT2D eigenvalue weighted by molar-refractivity contribution is -0.167. The third kappa shape index (κ3) is 43.5. The number of esters is 3. The molecule has 0 bridgehead atoms. The molecule has 6 nitrogen and oxygen atoms in total. The summed E-state index contributed by atoms with van der Waals surface area (Å²) in [7, 11) is 0. The number of rotatable bonds is 40. The minimum Gasteiger partial charge on any atom is -0.462 e. The van der Waals surface area contributed by atoms with Crippen molar-refractivity contribution in [2.24, 2.45) is 0 Å². The summed E-state index contributed by atoms with van der Waals surface area (Å²) in [6.45, 7) is 6.29. The van der Waals surface area contributed by atoms with Crippen molar-refractivity contribution in [2.75, 3.05) is 13.2 Å². The second-order valence-corrected chi connectivity index (χ2v) is 14.9. The number of unbranched alkanes of at least 4 members (excludes halogenated alkanes) is 13. The molecule has 0 aromatic heterocycles. The first-order valence-electron chi connectivity index (χ1n) is 23.2. The second kappa shape index (κ2) is 46.0. The van der Waals surface area contributed by atoms with Crippen LogP contribution in [0.1, 0.15) is 194 Å². The van der Waals surface area contributed by atoms with Gasteiger partial charge in [-0.2, -0.15) is 0 Å². The first-order valence-corrected chi connectivity index (χ1v) is 23.2. The molecule has 0 spiro atoms. The number of hydrogen-bond donors (Lipinski definition) is 0. The van der Waals surface area contributed by atoms with Crippen LogP contribution in [0, 0.1) is 0 Å². The van der Waals surface area contributed by atoms with Crippen LogP contribution in [0.5, 0.6) is 0 Å². The van der Waals surface area contributed by atoms with Crippen LogP contribution in [0.3, 0.4) is 0 Å². The van der Waals surface area contributed by atoms with Gasteiger partial charge >= 0.3 is 17.9 Å². The Labute approximate surface area is 356 Å². The van der Waals surface area contributed by atoms with Crippen molar-refractivity contribution in [3.05, 3.63) is 97.2 Å². The Kier molecular flexibility index (Phi) is 43.1. The molecule has 6 heteroatoms. The lowest BCUT2D eigenvalue weighted by Crippen LogP contribution is -2.30. The summed E-state index contributed by atoms with van der Waals surface area (Å²) in [4.78, 5) is 37.7. The van der Waals surface area contributed by atoms with Gasteiger partial charge in [-0.05, 0) is 89.9 Å². The average molecular weight is 805 g/mol. The predicted octanol–water partition coefficient (Wildman–Crippen LogP) is 15.0. The van der Waals surface area contributed by atoms with Crippen LogP contribution in [0.4, 0.5) is 0 Å². The van der Waals surface area contributed by atoms with Gasteiger partial charge in [-0.25, -0.2) is 0 Å². The van der Waals surface area contributed by atoms with E-state index in [0.29, 0.717) is 12.8 Å². The topological polar surface area (TPSA) is 78.9 Å². The Morgan fingerprint density at radius 1 is 0.362 bits per heavy atom. The Morgan fingerprint density at radius 3 is 1.12 bits per heavy atom. The van der Waals surface area contributed by atoms with E-state index >= 15 is 0 Å². The van der Waals surface area contributed by atoms with Gasteiger partial charge in [0.05, 0.1) is 0 Å². The van der Waals surface area contributed by atoms with Crippen molar-refractivity contribution in [3.63, 3.8) is 0 Å². The Hall–Kier alpha value is -3.67. The van der Waals surface area contributed by atoms with Crippen LogP contribution in [0.2, 0.25) is 0 Å². The van der Waals surface area contributed by atoms with Gasteiger partial charge in [0.25, 0.3) is 0 Å². The summed E-state index contributed by atoms with van der Waals surface area (Å²) in [5, 5.41) is 0. The molecule has 0 aromatic carbocycles. The van der Waals surface area contributed by atoms with Crippen molar-refractivity contribution in [1.82, 2.24) is 0 Å². The average Bonchev–Trinajstić information content (AvgIpc) is 3.22. The summed E-state index contributed by atoms with van der Waals surface area (Å²) in [5.41, 5.74) is 0. The van der Waals surface area contributed by atoms with E-state index in [1.54, 1.807) is 0 Å². The summed E-state index contributed by atoms with van der Waals surface area (Å²) in [6, 6.07) is 0. The molecule has 0 saturated heterocycles.